The molecule has 0 aliphatic heterocycles. The maximum absolute atomic E-state index is 11.8. The molecule has 1 aromatic carbocycles. The zero-order chi connectivity index (χ0) is 15.9. The summed E-state index contributed by atoms with van der Waals surface area (Å²) >= 11 is 3.36. The highest BCUT2D eigenvalue weighted by Crippen LogP contribution is 2.21. The van der Waals surface area contributed by atoms with Crippen LogP contribution in [0.15, 0.2) is 44.3 Å². The molecule has 112 valence electrons. The van der Waals surface area contributed by atoms with Crippen LogP contribution in [0.2, 0.25) is 0 Å². The SMILES string of the molecule is C#CCOc1ccc(Br)cc1/C=N\NC(=O)c1ccc(C)o1. The van der Waals surface area contributed by atoms with Crippen LogP contribution < -0.4 is 10.2 Å². The molecule has 2 rings (SSSR count). The molecule has 0 fully saturated rings. The van der Waals surface area contributed by atoms with Crippen LogP contribution in [0, 0.1) is 19.3 Å². The Morgan fingerprint density at radius 2 is 2.32 bits per heavy atom. The number of hydrogen-bond acceptors (Lipinski definition) is 4. The van der Waals surface area contributed by atoms with E-state index in [1.807, 2.05) is 6.07 Å². The smallest absolute Gasteiger partial charge is 0.307 e. The second kappa shape index (κ2) is 7.48. The van der Waals surface area contributed by atoms with Crippen molar-refractivity contribution in [2.75, 3.05) is 6.61 Å². The Balaban J connectivity index is 2.07. The first-order chi connectivity index (χ1) is 10.6. The maximum atomic E-state index is 11.8. The van der Waals surface area contributed by atoms with Crippen LogP contribution >= 0.6 is 15.9 Å². The number of benzene rings is 1. The molecule has 1 aromatic heterocycles. The summed E-state index contributed by atoms with van der Waals surface area (Å²) < 4.78 is 11.5. The fourth-order valence-electron chi connectivity index (χ4n) is 1.64. The first-order valence-corrected chi connectivity index (χ1v) is 7.15. The second-order valence-corrected chi connectivity index (χ2v) is 5.20. The second-order valence-electron chi connectivity index (χ2n) is 4.28. The Labute approximate surface area is 136 Å². The van der Waals surface area contributed by atoms with Crippen molar-refractivity contribution in [1.29, 1.82) is 0 Å². The largest absolute Gasteiger partial charge is 0.480 e. The van der Waals surface area contributed by atoms with Crippen LogP contribution in [0.5, 0.6) is 5.75 Å². The van der Waals surface area contributed by atoms with E-state index in [-0.39, 0.29) is 12.4 Å². The topological polar surface area (TPSA) is 63.8 Å². The number of nitrogens with one attached hydrogen (secondary N) is 1. The van der Waals surface area contributed by atoms with Crippen molar-refractivity contribution in [3.05, 3.63) is 51.9 Å². The summed E-state index contributed by atoms with van der Waals surface area (Å²) in [4.78, 5) is 11.8. The summed E-state index contributed by atoms with van der Waals surface area (Å²) in [7, 11) is 0. The van der Waals surface area contributed by atoms with Gasteiger partial charge in [0.15, 0.2) is 5.76 Å². The Bertz CT molecular complexity index is 744. The van der Waals surface area contributed by atoms with Crippen molar-refractivity contribution in [2.45, 2.75) is 6.92 Å². The van der Waals surface area contributed by atoms with Gasteiger partial charge in [-0.15, -0.1) is 6.42 Å². The minimum Gasteiger partial charge on any atom is -0.480 e. The molecule has 0 unspecified atom stereocenters. The van der Waals surface area contributed by atoms with Crippen molar-refractivity contribution < 1.29 is 13.9 Å². The van der Waals surface area contributed by atoms with Crippen molar-refractivity contribution in [1.82, 2.24) is 5.43 Å². The summed E-state index contributed by atoms with van der Waals surface area (Å²) in [6.45, 7) is 1.91. The maximum Gasteiger partial charge on any atom is 0.307 e. The molecule has 0 saturated heterocycles. The molecule has 0 saturated carbocycles. The number of carbonyl (C=O) groups excluding carboxylic acids is 1. The van der Waals surface area contributed by atoms with E-state index < -0.39 is 5.91 Å². The number of hydrazone groups is 1. The lowest BCUT2D eigenvalue weighted by Gasteiger charge is -2.06. The van der Waals surface area contributed by atoms with Crippen molar-refractivity contribution in [3.8, 4) is 18.1 Å². The van der Waals surface area contributed by atoms with Crippen LogP contribution in [0.4, 0.5) is 0 Å². The van der Waals surface area contributed by atoms with E-state index in [0.29, 0.717) is 17.1 Å². The molecule has 0 aliphatic carbocycles. The fraction of sp³-hybridized carbons (Fsp3) is 0.125. The van der Waals surface area contributed by atoms with E-state index in [1.54, 1.807) is 31.2 Å². The number of nitrogens with zero attached hydrogens (tertiary/aromatic N) is 1. The molecule has 0 radical (unpaired) electrons. The van der Waals surface area contributed by atoms with Gasteiger partial charge in [-0.1, -0.05) is 21.9 Å². The van der Waals surface area contributed by atoms with E-state index in [9.17, 15) is 4.79 Å². The van der Waals surface area contributed by atoms with Crippen LogP contribution in [0.1, 0.15) is 21.9 Å². The number of amides is 1. The summed E-state index contributed by atoms with van der Waals surface area (Å²) in [5, 5.41) is 3.90. The highest BCUT2D eigenvalue weighted by atomic mass is 79.9. The number of halogens is 1. The number of aryl methyl sites for hydroxylation is 1. The minimum absolute atomic E-state index is 0.153. The van der Waals surface area contributed by atoms with Gasteiger partial charge in [-0.3, -0.25) is 4.79 Å². The molecule has 6 heteroatoms. The average molecular weight is 361 g/mol. The van der Waals surface area contributed by atoms with E-state index in [1.165, 1.54) is 6.21 Å². The predicted octanol–water partition coefficient (Wildman–Crippen LogP) is 3.13. The van der Waals surface area contributed by atoms with Crippen molar-refractivity contribution in [2.24, 2.45) is 5.10 Å². The standard InChI is InChI=1S/C16H13BrN2O3/c1-3-8-21-14-7-5-13(17)9-12(14)10-18-19-16(20)15-6-4-11(2)22-15/h1,4-7,9-10H,8H2,2H3,(H,19,20)/b18-10-. The van der Waals surface area contributed by atoms with Gasteiger partial charge in [0.1, 0.15) is 18.1 Å². The van der Waals surface area contributed by atoms with Gasteiger partial charge in [0.25, 0.3) is 0 Å². The van der Waals surface area contributed by atoms with E-state index in [0.717, 1.165) is 4.47 Å². The van der Waals surface area contributed by atoms with E-state index in [4.69, 9.17) is 15.6 Å². The molecule has 0 spiro atoms. The van der Waals surface area contributed by atoms with Gasteiger partial charge in [-0.25, -0.2) is 5.43 Å². The molecule has 22 heavy (non-hydrogen) atoms. The monoisotopic (exact) mass is 360 g/mol. The quantitative estimate of drug-likeness (QED) is 0.506. The Hall–Kier alpha value is -2.52. The van der Waals surface area contributed by atoms with Crippen molar-refractivity contribution in [3.63, 3.8) is 0 Å². The summed E-state index contributed by atoms with van der Waals surface area (Å²) in [6, 6.07) is 8.69. The normalized spacial score (nSPS) is 10.4. The van der Waals surface area contributed by atoms with E-state index in [2.05, 4.69) is 32.4 Å². The van der Waals surface area contributed by atoms with Gasteiger partial charge >= 0.3 is 5.91 Å². The van der Waals surface area contributed by atoms with Gasteiger partial charge in [0.2, 0.25) is 0 Å². The number of terminal acetylenes is 1. The van der Waals surface area contributed by atoms with Gasteiger partial charge < -0.3 is 9.15 Å². The number of furan rings is 1. The Kier molecular flexibility index (Phi) is 5.39. The number of carbonyl (C=O) groups is 1. The molecule has 5 nitrogen and oxygen atoms in total. The van der Waals surface area contributed by atoms with Crippen LogP contribution in [-0.2, 0) is 0 Å². The fourth-order valence-corrected chi connectivity index (χ4v) is 2.02. The van der Waals surface area contributed by atoms with Crippen LogP contribution in [0.3, 0.4) is 0 Å². The van der Waals surface area contributed by atoms with Crippen LogP contribution in [0.25, 0.3) is 0 Å². The van der Waals surface area contributed by atoms with Gasteiger partial charge in [0.05, 0.1) is 6.21 Å². The molecule has 1 heterocycles. The molecule has 1 amide bonds. The van der Waals surface area contributed by atoms with Gasteiger partial charge in [0, 0.05) is 10.0 Å². The zero-order valence-electron chi connectivity index (χ0n) is 11.8. The summed E-state index contributed by atoms with van der Waals surface area (Å²) in [6.07, 6.45) is 6.65. The first kappa shape index (κ1) is 15.9. The lowest BCUT2D eigenvalue weighted by molar-refractivity contribution is 0.0926. The third kappa shape index (κ3) is 4.24. The predicted molar refractivity (Wildman–Crippen MR) is 87.0 cm³/mol. The molecular formula is C16H13BrN2O3. The molecule has 1 N–H and O–H groups in total. The molecule has 2 aromatic rings. The average Bonchev–Trinajstić information content (AvgIpc) is 2.93. The molecular weight excluding hydrogens is 348 g/mol. The number of rotatable bonds is 5. The lowest BCUT2D eigenvalue weighted by Crippen LogP contribution is -2.16. The summed E-state index contributed by atoms with van der Waals surface area (Å²) in [5.41, 5.74) is 3.07. The van der Waals surface area contributed by atoms with Gasteiger partial charge in [-0.05, 0) is 37.3 Å². The van der Waals surface area contributed by atoms with Crippen molar-refractivity contribution >= 4 is 28.1 Å². The van der Waals surface area contributed by atoms with E-state index >= 15 is 0 Å². The zero-order valence-corrected chi connectivity index (χ0v) is 13.4. The first-order valence-electron chi connectivity index (χ1n) is 6.36. The van der Waals surface area contributed by atoms with Gasteiger partial charge in [-0.2, -0.15) is 5.10 Å². The highest BCUT2D eigenvalue weighted by Gasteiger charge is 2.08. The molecule has 0 aliphatic rings. The number of hydrogen-bond donors (Lipinski definition) is 1. The number of ether oxygens (including phenoxy) is 1. The van der Waals surface area contributed by atoms with Crippen LogP contribution in [-0.4, -0.2) is 18.7 Å². The third-order valence-corrected chi connectivity index (χ3v) is 3.11. The lowest BCUT2D eigenvalue weighted by atomic mass is 10.2. The molecule has 0 bridgehead atoms. The minimum atomic E-state index is -0.426. The molecule has 0 atom stereocenters. The highest BCUT2D eigenvalue weighted by molar-refractivity contribution is 9.10. The Morgan fingerprint density at radius 1 is 1.50 bits per heavy atom. The summed E-state index contributed by atoms with van der Waals surface area (Å²) in [5.74, 6) is 3.41. The Morgan fingerprint density at radius 3 is 3.00 bits per heavy atom. The third-order valence-electron chi connectivity index (χ3n) is 2.62.